The summed E-state index contributed by atoms with van der Waals surface area (Å²) in [5, 5.41) is 0. The maximum absolute atomic E-state index is 13.5. The van der Waals surface area contributed by atoms with Crippen LogP contribution in [0.3, 0.4) is 0 Å². The van der Waals surface area contributed by atoms with E-state index < -0.39 is 22.0 Å². The van der Waals surface area contributed by atoms with Crippen LogP contribution in [-0.4, -0.2) is 27.7 Å². The topological polar surface area (TPSA) is 96.2 Å². The van der Waals surface area contributed by atoms with Gasteiger partial charge in [-0.05, 0) is 18.7 Å². The number of nitrogens with two attached hydrogens (primary N) is 1. The third-order valence-electron chi connectivity index (χ3n) is 2.80. The van der Waals surface area contributed by atoms with Gasteiger partial charge in [0.15, 0.2) is 0 Å². The van der Waals surface area contributed by atoms with Crippen LogP contribution in [0.4, 0.5) is 4.39 Å². The molecular weight excluding hydrogens is 259 g/mol. The second-order valence-corrected chi connectivity index (χ2v) is 5.73. The van der Waals surface area contributed by atoms with Crippen LogP contribution in [0, 0.1) is 11.7 Å². The van der Waals surface area contributed by atoms with E-state index in [2.05, 4.69) is 15.6 Å². The molecule has 2 atom stereocenters. The molecule has 100 valence electrons. The molecule has 1 aliphatic rings. The zero-order valence-electron chi connectivity index (χ0n) is 9.56. The Morgan fingerprint density at radius 1 is 1.44 bits per heavy atom. The van der Waals surface area contributed by atoms with Gasteiger partial charge in [-0.25, -0.2) is 18.2 Å². The van der Waals surface area contributed by atoms with Gasteiger partial charge in [-0.2, -0.15) is 4.72 Å². The fraction of sp³-hybridized carbons (Fsp3) is 0.400. The van der Waals surface area contributed by atoms with E-state index >= 15 is 0 Å². The Bertz CT molecular complexity index is 522. The molecule has 0 aliphatic carbocycles. The van der Waals surface area contributed by atoms with Gasteiger partial charge in [-0.1, -0.05) is 12.1 Å². The second kappa shape index (κ2) is 5.29. The largest absolute Gasteiger partial charge is 0.330 e. The molecule has 0 amide bonds. The molecule has 1 aliphatic heterocycles. The highest BCUT2D eigenvalue weighted by Crippen LogP contribution is 2.15. The fourth-order valence-corrected chi connectivity index (χ4v) is 3.07. The first-order valence-corrected chi connectivity index (χ1v) is 6.98. The smallest absolute Gasteiger partial charge is 0.244 e. The Morgan fingerprint density at radius 3 is 2.83 bits per heavy atom. The number of hydrogen-bond acceptors (Lipinski definition) is 5. The normalized spacial score (nSPS) is 24.3. The molecule has 0 bridgehead atoms. The van der Waals surface area contributed by atoms with Crippen LogP contribution >= 0.6 is 0 Å². The summed E-state index contributed by atoms with van der Waals surface area (Å²) < 4.78 is 39.9. The minimum atomic E-state index is -3.90. The maximum atomic E-state index is 13.5. The van der Waals surface area contributed by atoms with E-state index in [-0.39, 0.29) is 10.8 Å². The minimum Gasteiger partial charge on any atom is -0.330 e. The van der Waals surface area contributed by atoms with E-state index in [4.69, 9.17) is 5.73 Å². The molecule has 0 saturated carbocycles. The summed E-state index contributed by atoms with van der Waals surface area (Å²) in [7, 11) is -3.90. The molecule has 1 heterocycles. The predicted octanol–water partition coefficient (Wildman–Crippen LogP) is -0.887. The Hall–Kier alpha value is -1.06. The van der Waals surface area contributed by atoms with Crippen molar-refractivity contribution in [1.82, 2.24) is 15.6 Å². The summed E-state index contributed by atoms with van der Waals surface area (Å²) in [5.74, 6) is -0.855. The highest BCUT2D eigenvalue weighted by Gasteiger charge is 2.31. The Morgan fingerprint density at radius 2 is 2.17 bits per heavy atom. The van der Waals surface area contributed by atoms with Gasteiger partial charge in [-0.15, -0.1) is 0 Å². The SMILES string of the molecule is NCC1CNNC1NS(=O)(=O)c1ccccc1F. The fourth-order valence-electron chi connectivity index (χ4n) is 1.77. The van der Waals surface area contributed by atoms with Crippen molar-refractivity contribution in [2.24, 2.45) is 11.7 Å². The Balaban J connectivity index is 2.20. The Labute approximate surface area is 105 Å². The summed E-state index contributed by atoms with van der Waals surface area (Å²) in [5.41, 5.74) is 11.1. The van der Waals surface area contributed by atoms with E-state index in [1.807, 2.05) is 0 Å². The molecule has 2 unspecified atom stereocenters. The van der Waals surface area contributed by atoms with Gasteiger partial charge in [-0.3, -0.25) is 5.43 Å². The first-order chi connectivity index (χ1) is 8.54. The van der Waals surface area contributed by atoms with Gasteiger partial charge in [0.2, 0.25) is 10.0 Å². The van der Waals surface area contributed by atoms with Crippen molar-refractivity contribution < 1.29 is 12.8 Å². The van der Waals surface area contributed by atoms with E-state index in [9.17, 15) is 12.8 Å². The van der Waals surface area contributed by atoms with Crippen molar-refractivity contribution in [3.63, 3.8) is 0 Å². The standard InChI is InChI=1S/C10H15FN4O2S/c11-8-3-1-2-4-9(8)18(16,17)15-10-7(5-12)6-13-14-10/h1-4,7,10,13-15H,5-6,12H2. The molecule has 6 nitrogen and oxygen atoms in total. The monoisotopic (exact) mass is 274 g/mol. The van der Waals surface area contributed by atoms with E-state index in [1.54, 1.807) is 0 Å². The number of halogens is 1. The summed E-state index contributed by atoms with van der Waals surface area (Å²) in [4.78, 5) is -0.366. The molecule has 0 spiro atoms. The van der Waals surface area contributed by atoms with Gasteiger partial charge in [0.05, 0.1) is 6.17 Å². The first kappa shape index (κ1) is 13.4. The summed E-state index contributed by atoms with van der Waals surface area (Å²) in [6, 6.07) is 5.23. The van der Waals surface area contributed by atoms with Crippen LogP contribution < -0.4 is 21.3 Å². The van der Waals surface area contributed by atoms with Crippen molar-refractivity contribution in [3.8, 4) is 0 Å². The lowest BCUT2D eigenvalue weighted by atomic mass is 10.1. The zero-order chi connectivity index (χ0) is 13.2. The van der Waals surface area contributed by atoms with Gasteiger partial charge in [0.1, 0.15) is 10.7 Å². The van der Waals surface area contributed by atoms with Crippen molar-refractivity contribution in [1.29, 1.82) is 0 Å². The van der Waals surface area contributed by atoms with Crippen LogP contribution in [0.5, 0.6) is 0 Å². The highest BCUT2D eigenvalue weighted by molar-refractivity contribution is 7.89. The molecule has 1 aromatic carbocycles. The summed E-state index contributed by atoms with van der Waals surface area (Å²) in [6.07, 6.45) is -0.542. The van der Waals surface area contributed by atoms with Gasteiger partial charge < -0.3 is 5.73 Å². The highest BCUT2D eigenvalue weighted by atomic mass is 32.2. The van der Waals surface area contributed by atoms with Crippen molar-refractivity contribution in [2.75, 3.05) is 13.1 Å². The van der Waals surface area contributed by atoms with Crippen LogP contribution in [-0.2, 0) is 10.0 Å². The molecule has 1 aromatic rings. The minimum absolute atomic E-state index is 0.0773. The zero-order valence-corrected chi connectivity index (χ0v) is 10.4. The van der Waals surface area contributed by atoms with E-state index in [0.29, 0.717) is 13.1 Å². The molecule has 0 radical (unpaired) electrons. The third-order valence-corrected chi connectivity index (χ3v) is 4.28. The molecule has 8 heteroatoms. The number of rotatable bonds is 4. The number of nitrogens with one attached hydrogen (secondary N) is 3. The van der Waals surface area contributed by atoms with Crippen molar-refractivity contribution >= 4 is 10.0 Å². The van der Waals surface area contributed by atoms with Crippen LogP contribution in [0.2, 0.25) is 0 Å². The molecule has 0 aromatic heterocycles. The maximum Gasteiger partial charge on any atom is 0.244 e. The number of benzene rings is 1. The van der Waals surface area contributed by atoms with Crippen molar-refractivity contribution in [2.45, 2.75) is 11.1 Å². The number of sulfonamides is 1. The van der Waals surface area contributed by atoms with E-state index in [0.717, 1.165) is 6.07 Å². The van der Waals surface area contributed by atoms with Gasteiger partial charge in [0, 0.05) is 12.5 Å². The third kappa shape index (κ3) is 2.68. The Kier molecular flexibility index (Phi) is 3.93. The average Bonchev–Trinajstić information content (AvgIpc) is 2.76. The molecule has 2 rings (SSSR count). The van der Waals surface area contributed by atoms with Crippen LogP contribution in [0.25, 0.3) is 0 Å². The average molecular weight is 274 g/mol. The molecule has 18 heavy (non-hydrogen) atoms. The lowest BCUT2D eigenvalue weighted by Crippen LogP contribution is -2.48. The number of hydrogen-bond donors (Lipinski definition) is 4. The molecular formula is C10H15FN4O2S. The number of hydrazine groups is 1. The van der Waals surface area contributed by atoms with Crippen molar-refractivity contribution in [3.05, 3.63) is 30.1 Å². The second-order valence-electron chi connectivity index (χ2n) is 4.05. The first-order valence-electron chi connectivity index (χ1n) is 5.50. The summed E-state index contributed by atoms with van der Waals surface area (Å²) >= 11 is 0. The van der Waals surface area contributed by atoms with E-state index in [1.165, 1.54) is 18.2 Å². The quantitative estimate of drug-likeness (QED) is 0.571. The lowest BCUT2D eigenvalue weighted by Gasteiger charge is -2.18. The van der Waals surface area contributed by atoms with Crippen LogP contribution in [0.1, 0.15) is 0 Å². The lowest BCUT2D eigenvalue weighted by molar-refractivity contribution is 0.433. The summed E-state index contributed by atoms with van der Waals surface area (Å²) in [6.45, 7) is 0.880. The molecule has 1 fully saturated rings. The van der Waals surface area contributed by atoms with Gasteiger partial charge >= 0.3 is 0 Å². The predicted molar refractivity (Wildman–Crippen MR) is 64.2 cm³/mol. The van der Waals surface area contributed by atoms with Crippen LogP contribution in [0.15, 0.2) is 29.2 Å². The molecule has 1 saturated heterocycles. The molecule has 5 N–H and O–H groups in total. The van der Waals surface area contributed by atoms with Gasteiger partial charge in [0.25, 0.3) is 0 Å².